The van der Waals surface area contributed by atoms with Gasteiger partial charge in [-0.15, -0.1) is 0 Å². The summed E-state index contributed by atoms with van der Waals surface area (Å²) in [4.78, 5) is 44.7. The van der Waals surface area contributed by atoms with Gasteiger partial charge in [-0.05, 0) is 60.1 Å². The molecular weight excluding hydrogens is 530 g/mol. The topological polar surface area (TPSA) is 105 Å². The number of carbonyl (C=O) groups excluding carboxylic acids is 2. The summed E-state index contributed by atoms with van der Waals surface area (Å²) >= 11 is 6.38. The molecule has 0 spiro atoms. The highest BCUT2D eigenvalue weighted by Gasteiger charge is 2.26. The van der Waals surface area contributed by atoms with E-state index >= 15 is 0 Å². The fourth-order valence-corrected chi connectivity index (χ4v) is 6.14. The Morgan fingerprint density at radius 1 is 0.795 bits per heavy atom. The summed E-state index contributed by atoms with van der Waals surface area (Å²) in [5.41, 5.74) is 2.73. The Bertz CT molecular complexity index is 2100. The zero-order valence-electron chi connectivity index (χ0n) is 20.0. The molecule has 2 amide bonds. The summed E-state index contributed by atoms with van der Waals surface area (Å²) in [5, 5.41) is 11.3. The van der Waals surface area contributed by atoms with Crippen LogP contribution in [-0.2, 0) is 9.59 Å². The largest absolute Gasteiger partial charge is 0.360 e. The predicted molar refractivity (Wildman–Crippen MR) is 156 cm³/mol. The summed E-state index contributed by atoms with van der Waals surface area (Å²) in [6.45, 7) is 0. The van der Waals surface area contributed by atoms with Crippen molar-refractivity contribution in [2.45, 2.75) is 9.79 Å². The highest BCUT2D eigenvalue weighted by molar-refractivity contribution is 7.99. The third-order valence-electron chi connectivity index (χ3n) is 6.66. The van der Waals surface area contributed by atoms with Crippen molar-refractivity contribution in [2.75, 3.05) is 5.32 Å². The van der Waals surface area contributed by atoms with Crippen LogP contribution in [0.3, 0.4) is 0 Å². The minimum atomic E-state index is -0.569. The molecule has 39 heavy (non-hydrogen) atoms. The van der Waals surface area contributed by atoms with Gasteiger partial charge in [-0.25, -0.2) is 4.98 Å². The first-order chi connectivity index (χ1) is 19.0. The standard InChI is InChI=1S/C29H17N5O3S2/c35-26-18(27(36)33-29(38)32-26)14-30-20-9-2-4-11-23(20)39-22-13-12-16-24-15(22)6-5-7-17(24)28(37)34-21-10-3-1-8-19(21)31-25(16)34/h1-14,30H,(H2,32,33,35,36,38). The van der Waals surface area contributed by atoms with Gasteiger partial charge in [0.05, 0.1) is 16.7 Å². The Hall–Kier alpha value is -4.80. The van der Waals surface area contributed by atoms with Crippen LogP contribution in [0.4, 0.5) is 5.69 Å². The Morgan fingerprint density at radius 2 is 1.54 bits per heavy atom. The smallest absolute Gasteiger partial charge is 0.264 e. The molecule has 1 saturated heterocycles. The van der Waals surface area contributed by atoms with Crippen LogP contribution in [0.2, 0.25) is 0 Å². The number of imidazole rings is 1. The van der Waals surface area contributed by atoms with Crippen molar-refractivity contribution in [2.24, 2.45) is 0 Å². The van der Waals surface area contributed by atoms with E-state index in [0.29, 0.717) is 16.7 Å². The summed E-state index contributed by atoms with van der Waals surface area (Å²) in [6, 6.07) is 25.0. The number of carbonyl (C=O) groups is 2. The second kappa shape index (κ2) is 8.90. The summed E-state index contributed by atoms with van der Waals surface area (Å²) in [7, 11) is 0. The molecule has 0 saturated carbocycles. The molecule has 188 valence electrons. The molecule has 10 heteroatoms. The van der Waals surface area contributed by atoms with E-state index < -0.39 is 11.8 Å². The molecule has 8 nitrogen and oxygen atoms in total. The molecule has 0 bridgehead atoms. The summed E-state index contributed by atoms with van der Waals surface area (Å²) in [5.74, 6) is -1.14. The van der Waals surface area contributed by atoms with Crippen molar-refractivity contribution in [1.29, 1.82) is 0 Å². The van der Waals surface area contributed by atoms with E-state index in [0.717, 1.165) is 37.0 Å². The van der Waals surface area contributed by atoms with Crippen molar-refractivity contribution >= 4 is 84.8 Å². The monoisotopic (exact) mass is 547 g/mol. The third kappa shape index (κ3) is 3.72. The molecule has 3 heterocycles. The van der Waals surface area contributed by atoms with Crippen molar-refractivity contribution in [3.8, 4) is 0 Å². The lowest BCUT2D eigenvalue weighted by Gasteiger charge is -2.17. The van der Waals surface area contributed by atoms with Crippen molar-refractivity contribution in [3.05, 3.63) is 101 Å². The van der Waals surface area contributed by atoms with Gasteiger partial charge in [-0.2, -0.15) is 0 Å². The number of hydrogen-bond acceptors (Lipinski definition) is 7. The summed E-state index contributed by atoms with van der Waals surface area (Å²) in [6.07, 6.45) is 1.37. The van der Waals surface area contributed by atoms with E-state index in [1.54, 1.807) is 4.40 Å². The van der Waals surface area contributed by atoms with Crippen LogP contribution in [0, 0.1) is 0 Å². The molecular formula is C29H17N5O3S2. The molecule has 2 aromatic heterocycles. The normalized spacial score (nSPS) is 13.8. The van der Waals surface area contributed by atoms with Gasteiger partial charge in [0.15, 0.2) is 5.11 Å². The van der Waals surface area contributed by atoms with Gasteiger partial charge in [0.25, 0.3) is 17.4 Å². The number of fused-ring (bicyclic) bond motifs is 4. The van der Waals surface area contributed by atoms with Crippen LogP contribution < -0.4 is 21.5 Å². The average Bonchev–Trinajstić information content (AvgIpc) is 3.32. The van der Waals surface area contributed by atoms with Crippen molar-refractivity contribution in [3.63, 3.8) is 0 Å². The highest BCUT2D eigenvalue weighted by atomic mass is 32.2. The van der Waals surface area contributed by atoms with Crippen LogP contribution >= 0.6 is 24.0 Å². The predicted octanol–water partition coefficient (Wildman–Crippen LogP) is 4.57. The van der Waals surface area contributed by atoms with Crippen molar-refractivity contribution < 1.29 is 9.59 Å². The van der Waals surface area contributed by atoms with Gasteiger partial charge in [-0.1, -0.05) is 48.2 Å². The van der Waals surface area contributed by atoms with E-state index in [-0.39, 0.29) is 16.2 Å². The molecule has 0 atom stereocenters. The molecule has 0 radical (unpaired) electrons. The Morgan fingerprint density at radius 3 is 2.38 bits per heavy atom. The number of anilines is 1. The Labute approximate surface area is 230 Å². The molecule has 1 aliphatic rings. The Kier molecular flexibility index (Phi) is 5.32. The number of benzene rings is 4. The second-order valence-corrected chi connectivity index (χ2v) is 10.4. The van der Waals surface area contributed by atoms with Crippen LogP contribution in [0.15, 0.2) is 105 Å². The van der Waals surface area contributed by atoms with Crippen LogP contribution in [0.5, 0.6) is 0 Å². The fraction of sp³-hybridized carbons (Fsp3) is 0. The van der Waals surface area contributed by atoms with E-state index in [4.69, 9.17) is 17.2 Å². The molecule has 0 unspecified atom stereocenters. The zero-order chi connectivity index (χ0) is 26.7. The number of nitrogens with zero attached hydrogens (tertiary/aromatic N) is 2. The molecule has 3 N–H and O–H groups in total. The van der Waals surface area contributed by atoms with Gasteiger partial charge in [0, 0.05) is 32.1 Å². The highest BCUT2D eigenvalue weighted by Crippen LogP contribution is 2.40. The van der Waals surface area contributed by atoms with Crippen LogP contribution in [0.25, 0.3) is 38.2 Å². The molecule has 1 fully saturated rings. The molecule has 1 aliphatic heterocycles. The van der Waals surface area contributed by atoms with Gasteiger partial charge in [0.1, 0.15) is 11.2 Å². The number of pyridine rings is 1. The third-order valence-corrected chi connectivity index (χ3v) is 8.01. The zero-order valence-corrected chi connectivity index (χ0v) is 21.7. The maximum atomic E-state index is 13.6. The molecule has 7 rings (SSSR count). The van der Waals surface area contributed by atoms with E-state index in [1.165, 1.54) is 18.0 Å². The van der Waals surface area contributed by atoms with Gasteiger partial charge in [-0.3, -0.25) is 29.4 Å². The quantitative estimate of drug-likeness (QED) is 0.169. The maximum Gasteiger partial charge on any atom is 0.264 e. The van der Waals surface area contributed by atoms with E-state index in [9.17, 15) is 14.4 Å². The van der Waals surface area contributed by atoms with Gasteiger partial charge in [0.2, 0.25) is 0 Å². The molecule has 4 aromatic carbocycles. The van der Waals surface area contributed by atoms with E-state index in [1.807, 2.05) is 78.9 Å². The minimum Gasteiger partial charge on any atom is -0.360 e. The first-order valence-corrected chi connectivity index (χ1v) is 13.2. The number of amides is 2. The van der Waals surface area contributed by atoms with Gasteiger partial charge >= 0.3 is 0 Å². The number of thiocarbonyl (C=S) groups is 1. The van der Waals surface area contributed by atoms with Crippen LogP contribution in [-0.4, -0.2) is 26.3 Å². The lowest BCUT2D eigenvalue weighted by atomic mass is 10.0. The first kappa shape index (κ1) is 23.3. The number of nitrogens with one attached hydrogen (secondary N) is 3. The minimum absolute atomic E-state index is 0.0185. The Balaban J connectivity index is 1.33. The number of hydrogen-bond donors (Lipinski definition) is 3. The van der Waals surface area contributed by atoms with Crippen molar-refractivity contribution in [1.82, 2.24) is 20.0 Å². The summed E-state index contributed by atoms with van der Waals surface area (Å²) < 4.78 is 1.69. The lowest BCUT2D eigenvalue weighted by Crippen LogP contribution is -2.51. The maximum absolute atomic E-state index is 13.6. The fourth-order valence-electron chi connectivity index (χ4n) is 4.92. The number of rotatable bonds is 4. The van der Waals surface area contributed by atoms with E-state index in [2.05, 4.69) is 16.0 Å². The SMILES string of the molecule is O=C1NC(=S)NC(=O)C1=CNc1ccccc1Sc1ccc2c3c1cccc3c(=O)n1c3ccccc3nc21. The lowest BCUT2D eigenvalue weighted by molar-refractivity contribution is -0.123. The molecule has 0 aliphatic carbocycles. The average molecular weight is 548 g/mol. The first-order valence-electron chi connectivity index (χ1n) is 12.0. The number of aromatic nitrogens is 2. The second-order valence-electron chi connectivity index (χ2n) is 8.94. The molecule has 6 aromatic rings. The van der Waals surface area contributed by atoms with Crippen LogP contribution in [0.1, 0.15) is 0 Å². The number of para-hydroxylation sites is 3. The van der Waals surface area contributed by atoms with Gasteiger partial charge < -0.3 is 5.32 Å².